The maximum Gasteiger partial charge on any atom is 0.251 e. The fraction of sp³-hybridized carbons (Fsp3) is 0.273. The number of nitrogens with one attached hydrogen (secondary N) is 2. The number of halogens is 1. The number of amides is 1. The van der Waals surface area contributed by atoms with Gasteiger partial charge in [0.25, 0.3) is 5.91 Å². The predicted molar refractivity (Wildman–Crippen MR) is 109 cm³/mol. The third kappa shape index (κ3) is 4.58. The lowest BCUT2D eigenvalue weighted by molar-refractivity contribution is 0.0937. The molecule has 140 valence electrons. The molecule has 0 bridgehead atoms. The quantitative estimate of drug-likeness (QED) is 0.582. The molecule has 0 saturated carbocycles. The minimum absolute atomic E-state index is 0.0702. The third-order valence-corrected chi connectivity index (χ3v) is 4.70. The van der Waals surface area contributed by atoms with Crippen LogP contribution in [0.1, 0.15) is 53.5 Å². The summed E-state index contributed by atoms with van der Waals surface area (Å²) in [4.78, 5) is 28.1. The van der Waals surface area contributed by atoms with E-state index in [1.54, 1.807) is 24.4 Å². The normalized spacial score (nSPS) is 11.6. The molecule has 0 aliphatic heterocycles. The molecular weight excluding hydrogens is 360 g/mol. The van der Waals surface area contributed by atoms with Gasteiger partial charge in [-0.05, 0) is 29.2 Å². The second-order valence-corrected chi connectivity index (χ2v) is 8.30. The van der Waals surface area contributed by atoms with Crippen LogP contribution in [0.15, 0.2) is 48.7 Å². The minimum atomic E-state index is -0.186. The highest BCUT2D eigenvalue weighted by Gasteiger charge is 2.20. The fourth-order valence-electron chi connectivity index (χ4n) is 2.99. The van der Waals surface area contributed by atoms with Crippen LogP contribution in [0.5, 0.6) is 0 Å². The molecule has 0 unspecified atom stereocenters. The van der Waals surface area contributed by atoms with E-state index in [1.807, 2.05) is 45.0 Å². The Kier molecular flexibility index (Phi) is 5.38. The van der Waals surface area contributed by atoms with Crippen molar-refractivity contribution in [3.05, 3.63) is 70.4 Å². The van der Waals surface area contributed by atoms with Crippen molar-refractivity contribution in [3.63, 3.8) is 0 Å². The van der Waals surface area contributed by atoms with E-state index >= 15 is 0 Å². The van der Waals surface area contributed by atoms with E-state index in [4.69, 9.17) is 11.6 Å². The van der Waals surface area contributed by atoms with Gasteiger partial charge in [-0.25, -0.2) is 0 Å². The number of hydrogen-bond acceptors (Lipinski definition) is 2. The van der Waals surface area contributed by atoms with Gasteiger partial charge in [0.05, 0.1) is 0 Å². The second-order valence-electron chi connectivity index (χ2n) is 7.90. The molecule has 2 aromatic carbocycles. The van der Waals surface area contributed by atoms with Gasteiger partial charge in [0.2, 0.25) is 0 Å². The first-order chi connectivity index (χ1) is 12.7. The Hall–Kier alpha value is -2.59. The van der Waals surface area contributed by atoms with Gasteiger partial charge in [0, 0.05) is 46.2 Å². The Morgan fingerprint density at radius 3 is 2.56 bits per heavy atom. The lowest BCUT2D eigenvalue weighted by Gasteiger charge is -2.16. The third-order valence-electron chi connectivity index (χ3n) is 4.33. The molecular formula is C22H23ClN2O2. The number of rotatable bonds is 5. The van der Waals surface area contributed by atoms with Crippen molar-refractivity contribution in [1.29, 1.82) is 0 Å². The summed E-state index contributed by atoms with van der Waals surface area (Å²) in [5.41, 5.74) is 2.77. The molecule has 0 aliphatic carbocycles. The van der Waals surface area contributed by atoms with Gasteiger partial charge in [0.1, 0.15) is 0 Å². The van der Waals surface area contributed by atoms with E-state index in [-0.39, 0.29) is 17.1 Å². The highest BCUT2D eigenvalue weighted by Crippen LogP contribution is 2.26. The monoisotopic (exact) mass is 382 g/mol. The van der Waals surface area contributed by atoms with Crippen LogP contribution in [-0.2, 0) is 6.54 Å². The van der Waals surface area contributed by atoms with E-state index in [0.29, 0.717) is 29.1 Å². The van der Waals surface area contributed by atoms with Crippen LogP contribution in [0.4, 0.5) is 0 Å². The van der Waals surface area contributed by atoms with Crippen LogP contribution >= 0.6 is 11.6 Å². The highest BCUT2D eigenvalue weighted by atomic mass is 35.5. The number of benzene rings is 2. The van der Waals surface area contributed by atoms with Gasteiger partial charge >= 0.3 is 0 Å². The molecule has 0 fully saturated rings. The van der Waals surface area contributed by atoms with Gasteiger partial charge in [0.15, 0.2) is 5.78 Å². The minimum Gasteiger partial charge on any atom is -0.360 e. The highest BCUT2D eigenvalue weighted by molar-refractivity contribution is 6.31. The van der Waals surface area contributed by atoms with Crippen molar-refractivity contribution in [3.8, 4) is 0 Å². The topological polar surface area (TPSA) is 62.0 Å². The molecule has 0 saturated heterocycles. The van der Waals surface area contributed by atoms with Crippen molar-refractivity contribution in [1.82, 2.24) is 10.3 Å². The van der Waals surface area contributed by atoms with Crippen molar-refractivity contribution >= 4 is 34.2 Å². The van der Waals surface area contributed by atoms with E-state index in [1.165, 1.54) is 0 Å². The molecule has 1 aromatic heterocycles. The first kappa shape index (κ1) is 19.2. The van der Waals surface area contributed by atoms with Crippen molar-refractivity contribution < 1.29 is 9.59 Å². The number of carbonyl (C=O) groups excluding carboxylic acids is 2. The Morgan fingerprint density at radius 1 is 1.11 bits per heavy atom. The van der Waals surface area contributed by atoms with Gasteiger partial charge in [-0.1, -0.05) is 56.6 Å². The van der Waals surface area contributed by atoms with Gasteiger partial charge < -0.3 is 10.3 Å². The Labute approximate surface area is 163 Å². The summed E-state index contributed by atoms with van der Waals surface area (Å²) in [5, 5.41) is 4.34. The zero-order valence-corrected chi connectivity index (χ0v) is 16.5. The molecule has 4 nitrogen and oxygen atoms in total. The summed E-state index contributed by atoms with van der Waals surface area (Å²) in [6.45, 7) is 6.49. The average Bonchev–Trinajstić information content (AvgIpc) is 3.02. The number of aromatic amines is 1. The van der Waals surface area contributed by atoms with Crippen molar-refractivity contribution in [2.75, 3.05) is 0 Å². The lowest BCUT2D eigenvalue weighted by Crippen LogP contribution is -2.22. The zero-order chi connectivity index (χ0) is 19.6. The summed E-state index contributed by atoms with van der Waals surface area (Å²) < 4.78 is 0. The Morgan fingerprint density at radius 2 is 1.85 bits per heavy atom. The van der Waals surface area contributed by atoms with Crippen molar-refractivity contribution in [2.45, 2.75) is 33.7 Å². The molecule has 1 heterocycles. The summed E-state index contributed by atoms with van der Waals surface area (Å²) in [5.74, 6) is -0.0846. The largest absolute Gasteiger partial charge is 0.360 e. The number of hydrogen-bond donors (Lipinski definition) is 2. The van der Waals surface area contributed by atoms with Crippen LogP contribution in [-0.4, -0.2) is 16.7 Å². The molecule has 3 rings (SSSR count). The molecule has 2 N–H and O–H groups in total. The maximum absolute atomic E-state index is 12.5. The van der Waals surface area contributed by atoms with Gasteiger partial charge in [-0.15, -0.1) is 0 Å². The van der Waals surface area contributed by atoms with Gasteiger partial charge in [-0.3, -0.25) is 9.59 Å². The van der Waals surface area contributed by atoms with E-state index in [9.17, 15) is 9.59 Å². The van der Waals surface area contributed by atoms with Crippen LogP contribution in [0.2, 0.25) is 5.02 Å². The van der Waals surface area contributed by atoms with Crippen LogP contribution < -0.4 is 5.32 Å². The number of fused-ring (bicyclic) bond motifs is 1. The number of H-pyrrole nitrogens is 1. The summed E-state index contributed by atoms with van der Waals surface area (Å²) in [6.07, 6.45) is 2.20. The summed E-state index contributed by atoms with van der Waals surface area (Å²) in [7, 11) is 0. The molecule has 0 spiro atoms. The van der Waals surface area contributed by atoms with Crippen LogP contribution in [0.25, 0.3) is 10.9 Å². The second kappa shape index (κ2) is 7.57. The molecule has 3 aromatic rings. The number of ketones is 1. The summed E-state index contributed by atoms with van der Waals surface area (Å²) >= 11 is 6.12. The molecule has 27 heavy (non-hydrogen) atoms. The van der Waals surface area contributed by atoms with E-state index in [0.717, 1.165) is 16.5 Å². The average molecular weight is 383 g/mol. The van der Waals surface area contributed by atoms with Crippen LogP contribution in [0, 0.1) is 5.41 Å². The molecule has 5 heteroatoms. The number of Topliss-reactive ketones (excluding diaryl/α,β-unsaturated/α-hetero) is 1. The van der Waals surface area contributed by atoms with E-state index < -0.39 is 0 Å². The van der Waals surface area contributed by atoms with Gasteiger partial charge in [-0.2, -0.15) is 0 Å². The predicted octanol–water partition coefficient (Wildman–Crippen LogP) is 5.37. The van der Waals surface area contributed by atoms with Crippen molar-refractivity contribution in [2.24, 2.45) is 5.41 Å². The zero-order valence-electron chi connectivity index (χ0n) is 15.7. The van der Waals surface area contributed by atoms with E-state index in [2.05, 4.69) is 10.3 Å². The molecule has 0 radical (unpaired) electrons. The lowest BCUT2D eigenvalue weighted by atomic mass is 9.88. The first-order valence-corrected chi connectivity index (χ1v) is 9.28. The summed E-state index contributed by atoms with van der Waals surface area (Å²) in [6, 6.07) is 12.7. The SMILES string of the molecule is CC(C)(C)CC(=O)c1c[nH]c2cc(C(=O)NCc3ccccc3Cl)ccc12. The molecule has 1 amide bonds. The molecule has 0 aliphatic rings. The smallest absolute Gasteiger partial charge is 0.251 e. The van der Waals surface area contributed by atoms with Crippen LogP contribution in [0.3, 0.4) is 0 Å². The standard InChI is InChI=1S/C22H23ClN2O2/c1-22(2,3)11-20(26)17-13-24-19-10-14(8-9-16(17)19)21(27)25-12-15-6-4-5-7-18(15)23/h4-10,13,24H,11-12H2,1-3H3,(H,25,27). The fourth-order valence-corrected chi connectivity index (χ4v) is 3.20. The number of carbonyl (C=O) groups is 2. The maximum atomic E-state index is 12.5. The molecule has 0 atom stereocenters. The Bertz CT molecular complexity index is 999. The first-order valence-electron chi connectivity index (χ1n) is 8.90. The number of aromatic nitrogens is 1. The Balaban J connectivity index is 1.76.